The summed E-state index contributed by atoms with van der Waals surface area (Å²) in [4.78, 5) is 16.2. The van der Waals surface area contributed by atoms with Crippen LogP contribution >= 0.6 is 11.6 Å². The third-order valence-corrected chi connectivity index (χ3v) is 4.17. The van der Waals surface area contributed by atoms with Crippen molar-refractivity contribution in [1.29, 1.82) is 0 Å². The Labute approximate surface area is 125 Å². The van der Waals surface area contributed by atoms with Gasteiger partial charge in [0.1, 0.15) is 5.15 Å². The first-order valence-electron chi connectivity index (χ1n) is 6.85. The van der Waals surface area contributed by atoms with Gasteiger partial charge in [0.25, 0.3) is 0 Å². The molecule has 1 aromatic rings. The second kappa shape index (κ2) is 5.57. The Morgan fingerprint density at radius 1 is 1.50 bits per heavy atom. The largest absolute Gasteiger partial charge is 0.352 e. The zero-order valence-electron chi connectivity index (χ0n) is 12.4. The van der Waals surface area contributed by atoms with Crippen molar-refractivity contribution in [2.45, 2.75) is 34.2 Å². The Morgan fingerprint density at radius 3 is 2.80 bits per heavy atom. The Kier molecular flexibility index (Phi) is 4.19. The van der Waals surface area contributed by atoms with E-state index in [-0.39, 0.29) is 17.2 Å². The summed E-state index contributed by atoms with van der Waals surface area (Å²) in [6.45, 7) is 8.93. The van der Waals surface area contributed by atoms with Gasteiger partial charge in [-0.25, -0.2) is 4.98 Å². The molecule has 20 heavy (non-hydrogen) atoms. The van der Waals surface area contributed by atoms with Crippen LogP contribution in [0.1, 0.15) is 33.3 Å². The molecule has 108 valence electrons. The molecule has 1 heterocycles. The third kappa shape index (κ3) is 3.21. The van der Waals surface area contributed by atoms with Crippen molar-refractivity contribution in [2.24, 2.45) is 17.3 Å². The molecule has 0 radical (unpaired) electrons. The summed E-state index contributed by atoms with van der Waals surface area (Å²) in [7, 11) is 0. The van der Waals surface area contributed by atoms with Gasteiger partial charge in [-0.3, -0.25) is 4.79 Å². The number of nitrogens with one attached hydrogen (secondary N) is 1. The topological polar surface area (TPSA) is 42.0 Å². The summed E-state index contributed by atoms with van der Waals surface area (Å²) in [5.41, 5.74) is 2.28. The van der Waals surface area contributed by atoms with E-state index in [0.717, 1.165) is 5.56 Å². The number of pyridine rings is 1. The zero-order chi connectivity index (χ0) is 14.9. The van der Waals surface area contributed by atoms with Gasteiger partial charge in [0.2, 0.25) is 5.91 Å². The molecule has 1 N–H and O–H groups in total. The van der Waals surface area contributed by atoms with E-state index in [1.165, 1.54) is 5.57 Å². The van der Waals surface area contributed by atoms with Crippen LogP contribution in [0.15, 0.2) is 30.0 Å². The number of carbonyl (C=O) groups excluding carboxylic acids is 1. The van der Waals surface area contributed by atoms with E-state index in [2.05, 4.69) is 44.1 Å². The molecule has 0 spiro atoms. The van der Waals surface area contributed by atoms with Crippen molar-refractivity contribution in [1.82, 2.24) is 10.3 Å². The van der Waals surface area contributed by atoms with Crippen LogP contribution in [0.3, 0.4) is 0 Å². The first kappa shape index (κ1) is 15.0. The molecule has 2 rings (SSSR count). The highest BCUT2D eigenvalue weighted by molar-refractivity contribution is 6.29. The lowest BCUT2D eigenvalue weighted by atomic mass is 10.1. The Balaban J connectivity index is 1.95. The van der Waals surface area contributed by atoms with Gasteiger partial charge in [0, 0.05) is 12.7 Å². The van der Waals surface area contributed by atoms with Crippen LogP contribution in [0, 0.1) is 17.3 Å². The first-order valence-corrected chi connectivity index (χ1v) is 7.23. The fraction of sp³-hybridized carbons (Fsp3) is 0.500. The predicted octanol–water partition coefficient (Wildman–Crippen LogP) is 3.59. The van der Waals surface area contributed by atoms with E-state index >= 15 is 0 Å². The van der Waals surface area contributed by atoms with Crippen LogP contribution in [0.2, 0.25) is 5.15 Å². The molecule has 1 fully saturated rings. The van der Waals surface area contributed by atoms with Gasteiger partial charge in [-0.05, 0) is 42.9 Å². The van der Waals surface area contributed by atoms with Crippen molar-refractivity contribution in [2.75, 3.05) is 0 Å². The summed E-state index contributed by atoms with van der Waals surface area (Å²) in [6.07, 6.45) is 3.85. The second-order valence-electron chi connectivity index (χ2n) is 6.27. The average Bonchev–Trinajstić information content (AvgIpc) is 2.87. The molecule has 1 aliphatic carbocycles. The summed E-state index contributed by atoms with van der Waals surface area (Å²) in [5, 5.41) is 3.44. The maximum absolute atomic E-state index is 12.3. The molecule has 0 aliphatic heterocycles. The molecule has 0 bridgehead atoms. The normalized spacial score (nSPS) is 23.1. The second-order valence-corrected chi connectivity index (χ2v) is 6.66. The summed E-state index contributed by atoms with van der Waals surface area (Å²) < 4.78 is 0. The smallest absolute Gasteiger partial charge is 0.224 e. The number of hydrogen-bond donors (Lipinski definition) is 1. The van der Waals surface area contributed by atoms with Crippen LogP contribution in [0.25, 0.3) is 0 Å². The third-order valence-electron chi connectivity index (χ3n) is 3.96. The number of hydrogen-bond acceptors (Lipinski definition) is 2. The molecular formula is C16H21ClN2O. The number of halogens is 1. The fourth-order valence-electron chi connectivity index (χ4n) is 2.70. The molecule has 1 aromatic heterocycles. The lowest BCUT2D eigenvalue weighted by molar-refractivity contribution is -0.123. The summed E-state index contributed by atoms with van der Waals surface area (Å²) >= 11 is 5.83. The van der Waals surface area contributed by atoms with Crippen LogP contribution in [0.4, 0.5) is 0 Å². The maximum atomic E-state index is 12.3. The fourth-order valence-corrected chi connectivity index (χ4v) is 2.90. The van der Waals surface area contributed by atoms with E-state index in [9.17, 15) is 4.79 Å². The Bertz CT molecular complexity index is 547. The highest BCUT2D eigenvalue weighted by Crippen LogP contribution is 2.59. The number of nitrogens with zero attached hydrogens (tertiary/aromatic N) is 1. The van der Waals surface area contributed by atoms with Crippen molar-refractivity contribution in [3.05, 3.63) is 40.7 Å². The van der Waals surface area contributed by atoms with Gasteiger partial charge < -0.3 is 5.32 Å². The molecule has 1 aliphatic rings. The van der Waals surface area contributed by atoms with Crippen LogP contribution in [-0.2, 0) is 11.3 Å². The van der Waals surface area contributed by atoms with E-state index < -0.39 is 0 Å². The lowest BCUT2D eigenvalue weighted by Gasteiger charge is -2.06. The highest BCUT2D eigenvalue weighted by atomic mass is 35.5. The van der Waals surface area contributed by atoms with Crippen molar-refractivity contribution < 1.29 is 4.79 Å². The van der Waals surface area contributed by atoms with Crippen LogP contribution < -0.4 is 5.32 Å². The minimum atomic E-state index is 0.0528. The molecule has 3 nitrogen and oxygen atoms in total. The molecule has 2 atom stereocenters. The zero-order valence-corrected chi connectivity index (χ0v) is 13.2. The minimum Gasteiger partial charge on any atom is -0.352 e. The van der Waals surface area contributed by atoms with Gasteiger partial charge in [-0.1, -0.05) is 37.1 Å². The summed E-state index contributed by atoms with van der Waals surface area (Å²) in [5.74, 6) is 0.522. The first-order chi connectivity index (χ1) is 9.32. The molecule has 1 amide bonds. The SMILES string of the molecule is CC(C)=CC1C(C(=O)NCc2ccnc(Cl)c2)C1(C)C. The van der Waals surface area contributed by atoms with Crippen molar-refractivity contribution in [3.8, 4) is 0 Å². The number of amides is 1. The van der Waals surface area contributed by atoms with Gasteiger partial charge in [-0.15, -0.1) is 0 Å². The molecular weight excluding hydrogens is 272 g/mol. The minimum absolute atomic E-state index is 0.0528. The van der Waals surface area contributed by atoms with E-state index in [1.54, 1.807) is 12.3 Å². The monoisotopic (exact) mass is 292 g/mol. The Morgan fingerprint density at radius 2 is 2.20 bits per heavy atom. The number of allylic oxidation sites excluding steroid dienone is 2. The predicted molar refractivity (Wildman–Crippen MR) is 81.3 cm³/mol. The lowest BCUT2D eigenvalue weighted by Crippen LogP contribution is -2.26. The van der Waals surface area contributed by atoms with Crippen molar-refractivity contribution >= 4 is 17.5 Å². The van der Waals surface area contributed by atoms with Crippen LogP contribution in [-0.4, -0.2) is 10.9 Å². The standard InChI is InChI=1S/C16H21ClN2O/c1-10(2)7-12-14(16(12,3)4)15(20)19-9-11-5-6-18-13(17)8-11/h5-8,12,14H,9H2,1-4H3,(H,19,20). The highest BCUT2D eigenvalue weighted by Gasteiger charge is 2.60. The Hall–Kier alpha value is -1.35. The molecule has 1 saturated carbocycles. The van der Waals surface area contributed by atoms with E-state index in [4.69, 9.17) is 11.6 Å². The van der Waals surface area contributed by atoms with Crippen LogP contribution in [0.5, 0.6) is 0 Å². The molecule has 2 unspecified atom stereocenters. The molecule has 4 heteroatoms. The summed E-state index contributed by atoms with van der Waals surface area (Å²) in [6, 6.07) is 3.63. The number of carbonyl (C=O) groups is 1. The van der Waals surface area contributed by atoms with E-state index in [1.807, 2.05) is 6.07 Å². The number of rotatable bonds is 4. The van der Waals surface area contributed by atoms with Crippen molar-refractivity contribution in [3.63, 3.8) is 0 Å². The average molecular weight is 293 g/mol. The van der Waals surface area contributed by atoms with Gasteiger partial charge >= 0.3 is 0 Å². The van der Waals surface area contributed by atoms with Gasteiger partial charge in [0.15, 0.2) is 0 Å². The molecule has 0 aromatic carbocycles. The van der Waals surface area contributed by atoms with Gasteiger partial charge in [0.05, 0.1) is 5.92 Å². The maximum Gasteiger partial charge on any atom is 0.224 e. The molecule has 0 saturated heterocycles. The van der Waals surface area contributed by atoms with Gasteiger partial charge in [-0.2, -0.15) is 0 Å². The van der Waals surface area contributed by atoms with E-state index in [0.29, 0.717) is 17.6 Å². The number of aromatic nitrogens is 1. The quantitative estimate of drug-likeness (QED) is 0.681.